The number of ether oxygens (including phenoxy) is 1. The Kier molecular flexibility index (Phi) is 3.55. The quantitative estimate of drug-likeness (QED) is 0.865. The zero-order valence-electron chi connectivity index (χ0n) is 8.82. The van der Waals surface area contributed by atoms with Crippen molar-refractivity contribution < 1.29 is 14.6 Å². The Labute approximate surface area is 102 Å². The number of carbonyl (C=O) groups is 1. The summed E-state index contributed by atoms with van der Waals surface area (Å²) in [6.45, 7) is 3.31. The molecule has 84 valence electrons. The number of carboxylic acids is 1. The molecule has 4 nitrogen and oxygen atoms in total. The molecule has 0 atom stereocenters. The molecule has 0 aromatic carbocycles. The third-order valence-corrected chi connectivity index (χ3v) is 2.18. The van der Waals surface area contributed by atoms with Crippen LogP contribution in [-0.4, -0.2) is 21.7 Å². The van der Waals surface area contributed by atoms with Crippen LogP contribution in [0.15, 0.2) is 16.7 Å². The van der Waals surface area contributed by atoms with Crippen molar-refractivity contribution in [1.82, 2.24) is 4.98 Å². The van der Waals surface area contributed by atoms with Gasteiger partial charge >= 0.3 is 5.97 Å². The first-order valence-electron chi connectivity index (χ1n) is 4.41. The number of hydrogen-bond donors (Lipinski definition) is 1. The van der Waals surface area contributed by atoms with Crippen molar-refractivity contribution in [3.8, 4) is 18.2 Å². The zero-order valence-corrected chi connectivity index (χ0v) is 10.4. The number of carboxylic acid groups (broad SMARTS) is 1. The van der Waals surface area contributed by atoms with Crippen molar-refractivity contribution in [2.45, 2.75) is 19.4 Å². The topological polar surface area (TPSA) is 59.4 Å². The Bertz CT molecular complexity index is 463. The van der Waals surface area contributed by atoms with E-state index in [1.165, 1.54) is 12.3 Å². The molecule has 0 amide bonds. The SMILES string of the molecule is C#CC(C)(C)Oc1ncc(Br)cc1C(=O)O. The molecule has 5 heteroatoms. The Balaban J connectivity index is 3.15. The summed E-state index contributed by atoms with van der Waals surface area (Å²) in [7, 11) is 0. The van der Waals surface area contributed by atoms with Gasteiger partial charge in [0.2, 0.25) is 5.88 Å². The van der Waals surface area contributed by atoms with Crippen molar-refractivity contribution in [3.63, 3.8) is 0 Å². The average molecular weight is 284 g/mol. The predicted molar refractivity (Wildman–Crippen MR) is 62.4 cm³/mol. The van der Waals surface area contributed by atoms with E-state index in [2.05, 4.69) is 26.8 Å². The van der Waals surface area contributed by atoms with Gasteiger partial charge in [0, 0.05) is 10.7 Å². The Hall–Kier alpha value is -1.54. The van der Waals surface area contributed by atoms with Gasteiger partial charge in [0.05, 0.1) is 0 Å². The molecule has 16 heavy (non-hydrogen) atoms. The van der Waals surface area contributed by atoms with E-state index >= 15 is 0 Å². The first-order chi connectivity index (χ1) is 7.35. The van der Waals surface area contributed by atoms with Gasteiger partial charge in [-0.15, -0.1) is 6.42 Å². The first-order valence-corrected chi connectivity index (χ1v) is 5.20. The van der Waals surface area contributed by atoms with Gasteiger partial charge in [-0.1, -0.05) is 5.92 Å². The number of pyridine rings is 1. The highest BCUT2D eigenvalue weighted by Crippen LogP contribution is 2.23. The lowest BCUT2D eigenvalue weighted by molar-refractivity contribution is 0.0684. The van der Waals surface area contributed by atoms with Crippen molar-refractivity contribution in [3.05, 3.63) is 22.3 Å². The smallest absolute Gasteiger partial charge is 0.341 e. The molecular weight excluding hydrogens is 274 g/mol. The van der Waals surface area contributed by atoms with Gasteiger partial charge < -0.3 is 9.84 Å². The minimum absolute atomic E-state index is 0.0126. The molecule has 0 aliphatic heterocycles. The second kappa shape index (κ2) is 4.54. The lowest BCUT2D eigenvalue weighted by Crippen LogP contribution is -2.27. The molecule has 1 heterocycles. The third kappa shape index (κ3) is 2.97. The van der Waals surface area contributed by atoms with Gasteiger partial charge in [-0.25, -0.2) is 9.78 Å². The molecule has 0 spiro atoms. The van der Waals surface area contributed by atoms with Crippen LogP contribution < -0.4 is 4.74 Å². The minimum Gasteiger partial charge on any atom is -0.477 e. The summed E-state index contributed by atoms with van der Waals surface area (Å²) in [6, 6.07) is 1.41. The molecule has 1 aromatic heterocycles. The number of terminal acetylenes is 1. The normalized spacial score (nSPS) is 10.6. The standard InChI is InChI=1S/C11H10BrNO3/c1-4-11(2,3)16-9-8(10(14)15)5-7(12)6-13-9/h1,5-6H,2-3H3,(H,14,15). The molecule has 0 fully saturated rings. The van der Waals surface area contributed by atoms with Crippen molar-refractivity contribution >= 4 is 21.9 Å². The molecule has 0 radical (unpaired) electrons. The van der Waals surface area contributed by atoms with E-state index in [0.29, 0.717) is 4.47 Å². The summed E-state index contributed by atoms with van der Waals surface area (Å²) in [5.41, 5.74) is -0.928. The highest BCUT2D eigenvalue weighted by Gasteiger charge is 2.21. The summed E-state index contributed by atoms with van der Waals surface area (Å²) in [5.74, 6) is 1.30. The molecule has 0 unspecified atom stereocenters. The molecular formula is C11H10BrNO3. The van der Waals surface area contributed by atoms with Gasteiger partial charge in [-0.05, 0) is 35.8 Å². The van der Waals surface area contributed by atoms with E-state index in [1.807, 2.05) is 0 Å². The summed E-state index contributed by atoms with van der Waals surface area (Å²) in [4.78, 5) is 14.8. The van der Waals surface area contributed by atoms with Crippen LogP contribution in [0.5, 0.6) is 5.88 Å². The number of hydrogen-bond acceptors (Lipinski definition) is 3. The highest BCUT2D eigenvalue weighted by molar-refractivity contribution is 9.10. The summed E-state index contributed by atoms with van der Waals surface area (Å²) >= 11 is 3.14. The Morgan fingerprint density at radius 2 is 2.31 bits per heavy atom. The lowest BCUT2D eigenvalue weighted by Gasteiger charge is -2.20. The monoisotopic (exact) mass is 283 g/mol. The van der Waals surface area contributed by atoms with Crippen LogP contribution in [0.4, 0.5) is 0 Å². The van der Waals surface area contributed by atoms with Gasteiger partial charge in [0.1, 0.15) is 5.56 Å². The second-order valence-corrected chi connectivity index (χ2v) is 4.48. The molecule has 0 saturated heterocycles. The molecule has 1 rings (SSSR count). The Morgan fingerprint density at radius 1 is 1.69 bits per heavy atom. The fourth-order valence-corrected chi connectivity index (χ4v) is 1.26. The highest BCUT2D eigenvalue weighted by atomic mass is 79.9. The van der Waals surface area contributed by atoms with E-state index in [9.17, 15) is 4.79 Å². The Morgan fingerprint density at radius 3 is 2.81 bits per heavy atom. The lowest BCUT2D eigenvalue weighted by atomic mass is 10.1. The molecule has 1 N–H and O–H groups in total. The number of rotatable bonds is 3. The van der Waals surface area contributed by atoms with Gasteiger partial charge in [0.25, 0.3) is 0 Å². The van der Waals surface area contributed by atoms with Crippen molar-refractivity contribution in [2.75, 3.05) is 0 Å². The van der Waals surface area contributed by atoms with Crippen LogP contribution >= 0.6 is 15.9 Å². The average Bonchev–Trinajstić information content (AvgIpc) is 2.20. The summed E-state index contributed by atoms with van der Waals surface area (Å²) in [6.07, 6.45) is 6.70. The van der Waals surface area contributed by atoms with E-state index < -0.39 is 11.6 Å². The largest absolute Gasteiger partial charge is 0.477 e. The van der Waals surface area contributed by atoms with Crippen LogP contribution in [0, 0.1) is 12.3 Å². The molecule has 1 aromatic rings. The van der Waals surface area contributed by atoms with Crippen LogP contribution in [0.1, 0.15) is 24.2 Å². The van der Waals surface area contributed by atoms with Crippen LogP contribution in [0.3, 0.4) is 0 Å². The van der Waals surface area contributed by atoms with Crippen LogP contribution in [0.25, 0.3) is 0 Å². The van der Waals surface area contributed by atoms with E-state index in [0.717, 1.165) is 0 Å². The fraction of sp³-hybridized carbons (Fsp3) is 0.273. The number of aromatic carboxylic acids is 1. The second-order valence-electron chi connectivity index (χ2n) is 3.57. The molecule has 0 saturated carbocycles. The maximum absolute atomic E-state index is 11.0. The minimum atomic E-state index is -1.11. The van der Waals surface area contributed by atoms with Crippen molar-refractivity contribution in [2.24, 2.45) is 0 Å². The maximum Gasteiger partial charge on any atom is 0.341 e. The molecule has 0 aliphatic rings. The molecule has 0 aliphatic carbocycles. The first kappa shape index (κ1) is 12.5. The predicted octanol–water partition coefficient (Wildman–Crippen LogP) is 2.33. The summed E-state index contributed by atoms with van der Waals surface area (Å²) < 4.78 is 5.92. The van der Waals surface area contributed by atoms with Gasteiger partial charge in [0.15, 0.2) is 5.60 Å². The van der Waals surface area contributed by atoms with Gasteiger partial charge in [-0.2, -0.15) is 0 Å². The summed E-state index contributed by atoms with van der Waals surface area (Å²) in [5, 5.41) is 8.97. The van der Waals surface area contributed by atoms with Crippen LogP contribution in [-0.2, 0) is 0 Å². The van der Waals surface area contributed by atoms with Crippen LogP contribution in [0.2, 0.25) is 0 Å². The van der Waals surface area contributed by atoms with Crippen molar-refractivity contribution in [1.29, 1.82) is 0 Å². The molecule has 0 bridgehead atoms. The number of aromatic nitrogens is 1. The number of halogens is 1. The third-order valence-electron chi connectivity index (χ3n) is 1.75. The van der Waals surface area contributed by atoms with Gasteiger partial charge in [-0.3, -0.25) is 0 Å². The maximum atomic E-state index is 11.0. The fourth-order valence-electron chi connectivity index (χ4n) is 0.932. The zero-order chi connectivity index (χ0) is 12.3. The van der Waals surface area contributed by atoms with E-state index in [4.69, 9.17) is 16.3 Å². The number of nitrogens with zero attached hydrogens (tertiary/aromatic N) is 1. The van der Waals surface area contributed by atoms with E-state index in [-0.39, 0.29) is 11.4 Å². The van der Waals surface area contributed by atoms with E-state index in [1.54, 1.807) is 13.8 Å².